The van der Waals surface area contributed by atoms with E-state index in [0.717, 1.165) is 10.2 Å². The van der Waals surface area contributed by atoms with Crippen LogP contribution in [-0.2, 0) is 0 Å². The summed E-state index contributed by atoms with van der Waals surface area (Å²) in [4.78, 5) is 17.5. The number of para-hydroxylation sites is 1. The van der Waals surface area contributed by atoms with E-state index >= 15 is 0 Å². The van der Waals surface area contributed by atoms with E-state index in [-0.39, 0.29) is 11.4 Å². The zero-order valence-electron chi connectivity index (χ0n) is 12.1. The molecular weight excluding hydrogens is 346 g/mol. The lowest BCUT2D eigenvalue weighted by atomic mass is 10.3. The summed E-state index contributed by atoms with van der Waals surface area (Å²) in [5.74, 6) is 0.449. The largest absolute Gasteiger partial charge is 0.437 e. The monoisotopic (exact) mass is 353 g/mol. The fourth-order valence-electron chi connectivity index (χ4n) is 2.37. The molecule has 0 saturated heterocycles. The minimum atomic E-state index is -0.441. The molecule has 0 aliphatic heterocycles. The summed E-state index contributed by atoms with van der Waals surface area (Å²) in [6.45, 7) is 0. The third kappa shape index (κ3) is 2.31. The number of halogens is 1. The molecule has 2 heterocycles. The fourth-order valence-corrected chi connectivity index (χ4v) is 3.51. The van der Waals surface area contributed by atoms with Gasteiger partial charge in [-0.2, -0.15) is 10.2 Å². The van der Waals surface area contributed by atoms with Crippen molar-refractivity contribution < 1.29 is 4.74 Å². The van der Waals surface area contributed by atoms with Crippen molar-refractivity contribution in [1.29, 1.82) is 5.26 Å². The minimum absolute atomic E-state index is 0.00335. The number of hydrogen-bond donors (Lipinski definition) is 0. The van der Waals surface area contributed by atoms with Gasteiger partial charge in [-0.05, 0) is 36.4 Å². The van der Waals surface area contributed by atoms with Crippen LogP contribution >= 0.6 is 22.9 Å². The van der Waals surface area contributed by atoms with E-state index in [1.54, 1.807) is 24.3 Å². The van der Waals surface area contributed by atoms with Crippen LogP contribution < -0.4 is 10.3 Å². The van der Waals surface area contributed by atoms with Crippen LogP contribution in [0.3, 0.4) is 0 Å². The van der Waals surface area contributed by atoms with Crippen LogP contribution in [0.15, 0.2) is 53.3 Å². The lowest BCUT2D eigenvalue weighted by Gasteiger charge is -2.06. The number of hydrogen-bond acceptors (Lipinski definition) is 5. The highest BCUT2D eigenvalue weighted by Gasteiger charge is 2.18. The number of ether oxygens (including phenoxy) is 1. The topological polar surface area (TPSA) is 67.4 Å². The summed E-state index contributed by atoms with van der Waals surface area (Å²) < 4.78 is 7.99. The first-order chi connectivity index (χ1) is 11.7. The van der Waals surface area contributed by atoms with Crippen LogP contribution in [0, 0.1) is 11.3 Å². The van der Waals surface area contributed by atoms with Gasteiger partial charge in [0.05, 0.1) is 10.2 Å². The number of rotatable bonds is 2. The predicted octanol–water partition coefficient (Wildman–Crippen LogP) is 4.23. The van der Waals surface area contributed by atoms with Gasteiger partial charge < -0.3 is 4.74 Å². The van der Waals surface area contributed by atoms with Crippen molar-refractivity contribution in [3.8, 4) is 17.7 Å². The van der Waals surface area contributed by atoms with Crippen molar-refractivity contribution in [3.05, 3.63) is 69.5 Å². The highest BCUT2D eigenvalue weighted by Crippen LogP contribution is 2.28. The second-order valence-electron chi connectivity index (χ2n) is 4.95. The normalized spacial score (nSPS) is 10.8. The second-order valence-corrected chi connectivity index (χ2v) is 6.40. The SMILES string of the molecule is N#Cc1c(Oc2ccc(Cl)cc2)nc2sc3ccccc3n2c1=O. The van der Waals surface area contributed by atoms with E-state index in [1.807, 2.05) is 30.3 Å². The number of nitrogens with zero attached hydrogens (tertiary/aromatic N) is 3. The Morgan fingerprint density at radius 3 is 2.67 bits per heavy atom. The molecule has 24 heavy (non-hydrogen) atoms. The molecule has 0 bridgehead atoms. The molecule has 0 N–H and O–H groups in total. The van der Waals surface area contributed by atoms with E-state index < -0.39 is 5.56 Å². The zero-order chi connectivity index (χ0) is 16.7. The summed E-state index contributed by atoms with van der Waals surface area (Å²) in [7, 11) is 0. The Bertz CT molecular complexity index is 1170. The third-order valence-corrected chi connectivity index (χ3v) is 4.74. The first-order valence-electron chi connectivity index (χ1n) is 6.95. The molecule has 0 spiro atoms. The Morgan fingerprint density at radius 2 is 1.92 bits per heavy atom. The Balaban J connectivity index is 1.96. The number of fused-ring (bicyclic) bond motifs is 3. The van der Waals surface area contributed by atoms with Crippen LogP contribution in [-0.4, -0.2) is 9.38 Å². The minimum Gasteiger partial charge on any atom is -0.437 e. The maximum Gasteiger partial charge on any atom is 0.280 e. The number of thiazole rings is 1. The van der Waals surface area contributed by atoms with Gasteiger partial charge in [-0.3, -0.25) is 4.79 Å². The van der Waals surface area contributed by atoms with Gasteiger partial charge in [0.15, 0.2) is 5.56 Å². The second kappa shape index (κ2) is 5.64. The van der Waals surface area contributed by atoms with Gasteiger partial charge in [0.25, 0.3) is 5.56 Å². The van der Waals surface area contributed by atoms with Crippen LogP contribution in [0.2, 0.25) is 5.02 Å². The molecule has 0 saturated carbocycles. The fraction of sp³-hybridized carbons (Fsp3) is 0. The molecule has 2 aromatic carbocycles. The van der Waals surface area contributed by atoms with E-state index in [4.69, 9.17) is 16.3 Å². The van der Waals surface area contributed by atoms with Gasteiger partial charge in [-0.1, -0.05) is 35.1 Å². The van der Waals surface area contributed by atoms with E-state index in [1.165, 1.54) is 15.7 Å². The van der Waals surface area contributed by atoms with Crippen LogP contribution in [0.4, 0.5) is 0 Å². The van der Waals surface area contributed by atoms with Crippen molar-refractivity contribution >= 4 is 38.1 Å². The highest BCUT2D eigenvalue weighted by molar-refractivity contribution is 7.23. The molecule has 0 atom stereocenters. The molecule has 4 rings (SSSR count). The maximum absolute atomic E-state index is 12.7. The smallest absolute Gasteiger partial charge is 0.280 e. The predicted molar refractivity (Wildman–Crippen MR) is 93.1 cm³/mol. The molecule has 5 nitrogen and oxygen atoms in total. The Kier molecular flexibility index (Phi) is 3.45. The summed E-state index contributed by atoms with van der Waals surface area (Å²) in [5, 5.41) is 9.95. The van der Waals surface area contributed by atoms with Crippen LogP contribution in [0.1, 0.15) is 5.56 Å². The molecule has 7 heteroatoms. The summed E-state index contributed by atoms with van der Waals surface area (Å²) >= 11 is 7.21. The molecule has 0 fully saturated rings. The Morgan fingerprint density at radius 1 is 1.17 bits per heavy atom. The standard InChI is InChI=1S/C17H8ClN3O2S/c18-10-5-7-11(8-6-10)23-15-12(9-19)16(22)21-13-3-1-2-4-14(13)24-17(21)20-15/h1-8H. The summed E-state index contributed by atoms with van der Waals surface area (Å²) in [6, 6.07) is 16.0. The van der Waals surface area contributed by atoms with E-state index in [9.17, 15) is 10.1 Å². The number of aromatic nitrogens is 2. The molecule has 0 amide bonds. The quantitative estimate of drug-likeness (QED) is 0.541. The third-order valence-electron chi connectivity index (χ3n) is 3.47. The van der Waals surface area contributed by atoms with Gasteiger partial charge in [0, 0.05) is 5.02 Å². The first kappa shape index (κ1) is 14.7. The molecule has 0 aliphatic rings. The average Bonchev–Trinajstić information content (AvgIpc) is 2.95. The lowest BCUT2D eigenvalue weighted by Crippen LogP contribution is -2.17. The van der Waals surface area contributed by atoms with Crippen molar-refractivity contribution in [2.24, 2.45) is 0 Å². The van der Waals surface area contributed by atoms with Gasteiger partial charge in [0.1, 0.15) is 11.8 Å². The Labute approximate surface area is 144 Å². The van der Waals surface area contributed by atoms with Crippen molar-refractivity contribution in [3.63, 3.8) is 0 Å². The lowest BCUT2D eigenvalue weighted by molar-refractivity contribution is 0.461. The van der Waals surface area contributed by atoms with Crippen molar-refractivity contribution in [2.45, 2.75) is 0 Å². The summed E-state index contributed by atoms with van der Waals surface area (Å²) in [6.07, 6.45) is 0. The average molecular weight is 354 g/mol. The number of benzene rings is 2. The molecule has 0 unspecified atom stereocenters. The molecule has 2 aromatic heterocycles. The highest BCUT2D eigenvalue weighted by atomic mass is 35.5. The van der Waals surface area contributed by atoms with Gasteiger partial charge in [0.2, 0.25) is 10.8 Å². The van der Waals surface area contributed by atoms with Gasteiger partial charge >= 0.3 is 0 Å². The van der Waals surface area contributed by atoms with Gasteiger partial charge in [-0.15, -0.1) is 0 Å². The molecule has 0 aliphatic carbocycles. The molecular formula is C17H8ClN3O2S. The first-order valence-corrected chi connectivity index (χ1v) is 8.14. The van der Waals surface area contributed by atoms with Crippen molar-refractivity contribution in [2.75, 3.05) is 0 Å². The van der Waals surface area contributed by atoms with Crippen LogP contribution in [0.25, 0.3) is 15.2 Å². The maximum atomic E-state index is 12.7. The van der Waals surface area contributed by atoms with Gasteiger partial charge in [-0.25, -0.2) is 4.40 Å². The zero-order valence-corrected chi connectivity index (χ0v) is 13.6. The van der Waals surface area contributed by atoms with E-state index in [2.05, 4.69) is 4.98 Å². The molecule has 4 aromatic rings. The number of nitriles is 1. The van der Waals surface area contributed by atoms with Crippen molar-refractivity contribution in [1.82, 2.24) is 9.38 Å². The van der Waals surface area contributed by atoms with Crippen LogP contribution in [0.5, 0.6) is 11.6 Å². The molecule has 116 valence electrons. The molecule has 0 radical (unpaired) electrons. The summed E-state index contributed by atoms with van der Waals surface area (Å²) in [5.41, 5.74) is 0.152. The van der Waals surface area contributed by atoms with E-state index in [0.29, 0.717) is 15.7 Å². The Hall–Kier alpha value is -2.88.